The van der Waals surface area contributed by atoms with Gasteiger partial charge in [0.05, 0.1) is 5.69 Å². The molecule has 1 unspecified atom stereocenters. The Morgan fingerprint density at radius 2 is 2.29 bits per heavy atom. The van der Waals surface area contributed by atoms with Crippen LogP contribution >= 0.6 is 0 Å². The molecule has 1 aliphatic rings. The van der Waals surface area contributed by atoms with Gasteiger partial charge in [-0.1, -0.05) is 13.0 Å². The maximum Gasteiger partial charge on any atom is 0.146 e. The number of piperidine rings is 1. The van der Waals surface area contributed by atoms with Crippen molar-refractivity contribution in [2.75, 3.05) is 38.3 Å². The molecule has 0 aliphatic carbocycles. The molecule has 1 saturated heterocycles. The van der Waals surface area contributed by atoms with Gasteiger partial charge in [0, 0.05) is 33.4 Å². The fourth-order valence-corrected chi connectivity index (χ4v) is 2.89. The zero-order valence-electron chi connectivity index (χ0n) is 13.2. The van der Waals surface area contributed by atoms with E-state index in [2.05, 4.69) is 17.1 Å². The lowest BCUT2D eigenvalue weighted by atomic mass is 9.99. The average molecular weight is 294 g/mol. The lowest BCUT2D eigenvalue weighted by Crippen LogP contribution is -2.34. The maximum atomic E-state index is 14.1. The summed E-state index contributed by atoms with van der Waals surface area (Å²) in [6, 6.07) is 5.47. The zero-order chi connectivity index (χ0) is 15.1. The van der Waals surface area contributed by atoms with Crippen LogP contribution in [0.1, 0.15) is 31.7 Å². The van der Waals surface area contributed by atoms with Gasteiger partial charge in [0.2, 0.25) is 0 Å². The Morgan fingerprint density at radius 3 is 3.05 bits per heavy atom. The molecule has 0 spiro atoms. The number of halogens is 1. The third-order valence-corrected chi connectivity index (χ3v) is 4.04. The predicted molar refractivity (Wildman–Crippen MR) is 85.2 cm³/mol. The topological polar surface area (TPSA) is 24.5 Å². The highest BCUT2D eigenvalue weighted by Crippen LogP contribution is 2.26. The van der Waals surface area contributed by atoms with E-state index in [4.69, 9.17) is 4.74 Å². The SMILES string of the molecule is COCCCNCc1ccc(F)c(N2CCCC(C)C2)c1. The van der Waals surface area contributed by atoms with Gasteiger partial charge in [-0.15, -0.1) is 0 Å². The largest absolute Gasteiger partial charge is 0.385 e. The van der Waals surface area contributed by atoms with E-state index in [1.54, 1.807) is 13.2 Å². The Hall–Kier alpha value is -1.13. The van der Waals surface area contributed by atoms with Crippen molar-refractivity contribution in [2.45, 2.75) is 32.7 Å². The molecule has 0 bridgehead atoms. The standard InChI is InChI=1S/C17H27FN2O/c1-14-5-3-9-20(13-14)17-11-15(6-7-16(17)18)12-19-8-4-10-21-2/h6-7,11,14,19H,3-5,8-10,12-13H2,1-2H3. The maximum absolute atomic E-state index is 14.1. The molecule has 2 rings (SSSR count). The van der Waals surface area contributed by atoms with Crippen LogP contribution in [0.2, 0.25) is 0 Å². The summed E-state index contributed by atoms with van der Waals surface area (Å²) in [5.74, 6) is 0.543. The monoisotopic (exact) mass is 294 g/mol. The molecule has 1 aromatic carbocycles. The van der Waals surface area contributed by atoms with Crippen molar-refractivity contribution < 1.29 is 9.13 Å². The van der Waals surface area contributed by atoms with Crippen molar-refractivity contribution in [3.05, 3.63) is 29.6 Å². The molecule has 0 amide bonds. The summed E-state index contributed by atoms with van der Waals surface area (Å²) >= 11 is 0. The quantitative estimate of drug-likeness (QED) is 0.782. The second-order valence-electron chi connectivity index (χ2n) is 6.00. The molecule has 0 saturated carbocycles. The molecule has 1 aromatic rings. The number of anilines is 1. The molecule has 1 fully saturated rings. The van der Waals surface area contributed by atoms with Gasteiger partial charge in [-0.3, -0.25) is 0 Å². The van der Waals surface area contributed by atoms with Crippen LogP contribution in [-0.4, -0.2) is 33.4 Å². The summed E-state index contributed by atoms with van der Waals surface area (Å²) in [5, 5.41) is 3.37. The Morgan fingerprint density at radius 1 is 1.43 bits per heavy atom. The lowest BCUT2D eigenvalue weighted by molar-refractivity contribution is 0.194. The highest BCUT2D eigenvalue weighted by Gasteiger charge is 2.19. The second-order valence-corrected chi connectivity index (χ2v) is 6.00. The number of ether oxygens (including phenoxy) is 1. The van der Waals surface area contributed by atoms with E-state index in [1.165, 1.54) is 6.42 Å². The molecule has 21 heavy (non-hydrogen) atoms. The molecular weight excluding hydrogens is 267 g/mol. The number of hydrogen-bond acceptors (Lipinski definition) is 3. The molecular formula is C17H27FN2O. The normalized spacial score (nSPS) is 19.0. The summed E-state index contributed by atoms with van der Waals surface area (Å²) in [4.78, 5) is 2.19. The van der Waals surface area contributed by atoms with E-state index in [1.807, 2.05) is 12.1 Å². The van der Waals surface area contributed by atoms with Gasteiger partial charge >= 0.3 is 0 Å². The average Bonchev–Trinajstić information content (AvgIpc) is 2.48. The van der Waals surface area contributed by atoms with Gasteiger partial charge in [-0.2, -0.15) is 0 Å². The Labute approximate surface area is 127 Å². The summed E-state index contributed by atoms with van der Waals surface area (Å²) in [6.45, 7) is 6.63. The molecule has 0 aromatic heterocycles. The summed E-state index contributed by atoms with van der Waals surface area (Å²) < 4.78 is 19.1. The molecule has 1 heterocycles. The van der Waals surface area contributed by atoms with E-state index in [0.717, 1.165) is 56.9 Å². The Bertz CT molecular complexity index is 439. The van der Waals surface area contributed by atoms with Crippen molar-refractivity contribution >= 4 is 5.69 Å². The van der Waals surface area contributed by atoms with Gasteiger partial charge < -0.3 is 15.0 Å². The van der Waals surface area contributed by atoms with Crippen LogP contribution in [-0.2, 0) is 11.3 Å². The van der Waals surface area contributed by atoms with Gasteiger partial charge in [-0.25, -0.2) is 4.39 Å². The number of hydrogen-bond donors (Lipinski definition) is 1. The first-order valence-corrected chi connectivity index (χ1v) is 7.93. The van der Waals surface area contributed by atoms with Crippen LogP contribution in [0.3, 0.4) is 0 Å². The van der Waals surface area contributed by atoms with Crippen molar-refractivity contribution in [1.82, 2.24) is 5.32 Å². The molecule has 0 radical (unpaired) electrons. The number of benzene rings is 1. The van der Waals surface area contributed by atoms with Crippen LogP contribution in [0.15, 0.2) is 18.2 Å². The van der Waals surface area contributed by atoms with Gasteiger partial charge in [0.1, 0.15) is 5.82 Å². The van der Waals surface area contributed by atoms with Crippen molar-refractivity contribution in [3.63, 3.8) is 0 Å². The fourth-order valence-electron chi connectivity index (χ4n) is 2.89. The third kappa shape index (κ3) is 4.97. The van der Waals surface area contributed by atoms with Crippen LogP contribution in [0.5, 0.6) is 0 Å². The Kier molecular flexibility index (Phi) is 6.46. The first-order chi connectivity index (χ1) is 10.2. The summed E-state index contributed by atoms with van der Waals surface area (Å²) in [5.41, 5.74) is 1.90. The molecule has 1 atom stereocenters. The molecule has 1 N–H and O–H groups in total. The number of rotatable bonds is 7. The Balaban J connectivity index is 1.93. The van der Waals surface area contributed by atoms with E-state index in [9.17, 15) is 4.39 Å². The highest BCUT2D eigenvalue weighted by atomic mass is 19.1. The van der Waals surface area contributed by atoms with Crippen molar-refractivity contribution in [1.29, 1.82) is 0 Å². The molecule has 3 nitrogen and oxygen atoms in total. The minimum absolute atomic E-state index is 0.104. The number of nitrogens with one attached hydrogen (secondary N) is 1. The number of nitrogens with zero attached hydrogens (tertiary/aromatic N) is 1. The molecule has 1 aliphatic heterocycles. The van der Waals surface area contributed by atoms with E-state index >= 15 is 0 Å². The van der Waals surface area contributed by atoms with Crippen molar-refractivity contribution in [3.8, 4) is 0 Å². The highest BCUT2D eigenvalue weighted by molar-refractivity contribution is 5.50. The minimum atomic E-state index is -0.104. The molecule has 118 valence electrons. The van der Waals surface area contributed by atoms with Crippen LogP contribution in [0, 0.1) is 11.7 Å². The van der Waals surface area contributed by atoms with Crippen molar-refractivity contribution in [2.24, 2.45) is 5.92 Å². The van der Waals surface area contributed by atoms with E-state index in [0.29, 0.717) is 5.92 Å². The van der Waals surface area contributed by atoms with Gasteiger partial charge in [-0.05, 0) is 49.4 Å². The van der Waals surface area contributed by atoms with Crippen LogP contribution in [0.25, 0.3) is 0 Å². The lowest BCUT2D eigenvalue weighted by Gasteiger charge is -2.33. The minimum Gasteiger partial charge on any atom is -0.385 e. The third-order valence-electron chi connectivity index (χ3n) is 4.04. The van der Waals surface area contributed by atoms with Crippen LogP contribution < -0.4 is 10.2 Å². The summed E-state index contributed by atoms with van der Waals surface area (Å²) in [7, 11) is 1.71. The number of methoxy groups -OCH3 is 1. The fraction of sp³-hybridized carbons (Fsp3) is 0.647. The van der Waals surface area contributed by atoms with Gasteiger partial charge in [0.25, 0.3) is 0 Å². The summed E-state index contributed by atoms with van der Waals surface area (Å²) in [6.07, 6.45) is 3.40. The smallest absolute Gasteiger partial charge is 0.146 e. The first-order valence-electron chi connectivity index (χ1n) is 7.93. The van der Waals surface area contributed by atoms with Gasteiger partial charge in [0.15, 0.2) is 0 Å². The van der Waals surface area contributed by atoms with E-state index < -0.39 is 0 Å². The second kappa shape index (κ2) is 8.35. The molecule has 4 heteroatoms. The zero-order valence-corrected chi connectivity index (χ0v) is 13.2. The first kappa shape index (κ1) is 16.2. The van der Waals surface area contributed by atoms with E-state index in [-0.39, 0.29) is 5.82 Å². The predicted octanol–water partition coefficient (Wildman–Crippen LogP) is 3.19. The van der Waals surface area contributed by atoms with Crippen LogP contribution in [0.4, 0.5) is 10.1 Å².